The van der Waals surface area contributed by atoms with Crippen LogP contribution in [-0.4, -0.2) is 23.8 Å². The fourth-order valence-electron chi connectivity index (χ4n) is 1.82. The summed E-state index contributed by atoms with van der Waals surface area (Å²) in [5.74, 6) is -0.917. The van der Waals surface area contributed by atoms with E-state index in [1.807, 2.05) is 30.3 Å². The van der Waals surface area contributed by atoms with Gasteiger partial charge in [-0.15, -0.1) is 0 Å². The Morgan fingerprint density at radius 3 is 2.56 bits per heavy atom. The Bertz CT molecular complexity index is 464. The van der Waals surface area contributed by atoms with Gasteiger partial charge >= 0.3 is 5.97 Å². The van der Waals surface area contributed by atoms with Crippen LogP contribution in [-0.2, 0) is 14.3 Å². The second-order valence-electron chi connectivity index (χ2n) is 4.31. The van der Waals surface area contributed by atoms with Crippen LogP contribution in [0.4, 0.5) is 0 Å². The molecule has 1 saturated heterocycles. The molecule has 2 unspecified atom stereocenters. The normalized spacial score (nSPS) is 24.8. The molecule has 0 aliphatic carbocycles. The minimum absolute atomic E-state index is 0.286. The summed E-state index contributed by atoms with van der Waals surface area (Å²) in [5.41, 5.74) is 1.97. The molecule has 1 fully saturated rings. The van der Waals surface area contributed by atoms with E-state index in [0.717, 1.165) is 5.56 Å². The zero-order valence-corrected chi connectivity index (χ0v) is 10.4. The molecule has 2 atom stereocenters. The first-order valence-corrected chi connectivity index (χ1v) is 5.82. The fraction of sp³-hybridized carbons (Fsp3) is 0.357. The Kier molecular flexibility index (Phi) is 3.79. The number of hydrogen-bond acceptors (Lipinski definition) is 3. The number of rotatable bonds is 3. The number of carbonyl (C=O) groups is 1. The second kappa shape index (κ2) is 5.33. The molecule has 1 aromatic rings. The molecule has 96 valence electrons. The minimum atomic E-state index is -0.917. The first-order valence-electron chi connectivity index (χ1n) is 5.82. The molecule has 4 heteroatoms. The number of hydrogen-bond donors (Lipinski definition) is 1. The van der Waals surface area contributed by atoms with E-state index in [4.69, 9.17) is 14.6 Å². The number of ether oxygens (including phenoxy) is 2. The van der Waals surface area contributed by atoms with Gasteiger partial charge < -0.3 is 14.6 Å². The zero-order valence-electron chi connectivity index (χ0n) is 10.4. The van der Waals surface area contributed by atoms with Gasteiger partial charge in [-0.3, -0.25) is 0 Å². The Labute approximate surface area is 106 Å². The van der Waals surface area contributed by atoms with Crippen molar-refractivity contribution >= 4 is 5.97 Å². The molecule has 18 heavy (non-hydrogen) atoms. The summed E-state index contributed by atoms with van der Waals surface area (Å²) in [6.07, 6.45) is -0.695. The van der Waals surface area contributed by atoms with Gasteiger partial charge in [0.2, 0.25) is 0 Å². The van der Waals surface area contributed by atoms with Crippen LogP contribution >= 0.6 is 0 Å². The van der Waals surface area contributed by atoms with Crippen LogP contribution in [0.15, 0.2) is 41.5 Å². The van der Waals surface area contributed by atoms with Gasteiger partial charge in [0, 0.05) is 11.1 Å². The fourth-order valence-corrected chi connectivity index (χ4v) is 1.82. The van der Waals surface area contributed by atoms with Crippen LogP contribution in [0.25, 0.3) is 0 Å². The van der Waals surface area contributed by atoms with Gasteiger partial charge in [0.15, 0.2) is 6.29 Å². The van der Waals surface area contributed by atoms with E-state index in [1.165, 1.54) is 0 Å². The summed E-state index contributed by atoms with van der Waals surface area (Å²) in [6.45, 7) is 3.73. The number of aliphatic carboxylic acids is 1. The molecule has 1 aliphatic rings. The first-order chi connectivity index (χ1) is 8.59. The predicted molar refractivity (Wildman–Crippen MR) is 66.0 cm³/mol. The molecule has 0 aromatic heterocycles. The van der Waals surface area contributed by atoms with Crippen molar-refractivity contribution < 1.29 is 19.4 Å². The summed E-state index contributed by atoms with van der Waals surface area (Å²) in [5, 5.41) is 8.94. The summed E-state index contributed by atoms with van der Waals surface area (Å²) in [7, 11) is 0. The van der Waals surface area contributed by atoms with Gasteiger partial charge in [0.05, 0.1) is 6.61 Å². The molecule has 2 rings (SSSR count). The Morgan fingerprint density at radius 2 is 1.94 bits per heavy atom. The molecule has 0 spiro atoms. The maximum atomic E-state index is 10.9. The van der Waals surface area contributed by atoms with Crippen molar-refractivity contribution in [1.29, 1.82) is 0 Å². The minimum Gasteiger partial charge on any atom is -0.478 e. The third kappa shape index (κ3) is 2.60. The summed E-state index contributed by atoms with van der Waals surface area (Å²) in [6, 6.07) is 9.61. The van der Waals surface area contributed by atoms with Crippen molar-refractivity contribution in [2.75, 3.05) is 6.61 Å². The van der Waals surface area contributed by atoms with Gasteiger partial charge in [-0.2, -0.15) is 0 Å². The van der Waals surface area contributed by atoms with E-state index in [9.17, 15) is 4.79 Å². The van der Waals surface area contributed by atoms with E-state index in [1.54, 1.807) is 13.8 Å². The van der Waals surface area contributed by atoms with Crippen LogP contribution in [0.3, 0.4) is 0 Å². The Hall–Kier alpha value is -1.65. The van der Waals surface area contributed by atoms with Crippen molar-refractivity contribution in [3.63, 3.8) is 0 Å². The highest BCUT2D eigenvalue weighted by molar-refractivity contribution is 5.86. The van der Waals surface area contributed by atoms with E-state index >= 15 is 0 Å². The molecule has 1 heterocycles. The molecule has 0 saturated carbocycles. The van der Waals surface area contributed by atoms with Crippen molar-refractivity contribution in [2.24, 2.45) is 0 Å². The van der Waals surface area contributed by atoms with Crippen LogP contribution in [0.1, 0.15) is 25.7 Å². The highest BCUT2D eigenvalue weighted by Crippen LogP contribution is 2.30. The highest BCUT2D eigenvalue weighted by Gasteiger charge is 2.29. The monoisotopic (exact) mass is 248 g/mol. The maximum absolute atomic E-state index is 10.9. The molecule has 4 nitrogen and oxygen atoms in total. The quantitative estimate of drug-likeness (QED) is 0.835. The van der Waals surface area contributed by atoms with Gasteiger partial charge in [-0.05, 0) is 19.4 Å². The van der Waals surface area contributed by atoms with Crippen molar-refractivity contribution in [3.8, 4) is 0 Å². The largest absolute Gasteiger partial charge is 0.478 e. The highest BCUT2D eigenvalue weighted by atomic mass is 16.7. The lowest BCUT2D eigenvalue weighted by atomic mass is 10.1. The molecule has 1 aliphatic heterocycles. The maximum Gasteiger partial charge on any atom is 0.331 e. The third-order valence-corrected chi connectivity index (χ3v) is 3.15. The summed E-state index contributed by atoms with van der Waals surface area (Å²) >= 11 is 0. The Morgan fingerprint density at radius 1 is 1.28 bits per heavy atom. The van der Waals surface area contributed by atoms with Gasteiger partial charge in [0.1, 0.15) is 6.10 Å². The third-order valence-electron chi connectivity index (χ3n) is 3.15. The zero-order chi connectivity index (χ0) is 13.1. The molecule has 1 aromatic carbocycles. The standard InChI is InChI=1S/C14H16O4/c1-9(10(2)13(15)16)12-8-17-14(18-12)11-6-4-3-5-7-11/h3-7,12,14H,8H2,1-2H3,(H,15,16). The van der Waals surface area contributed by atoms with Crippen LogP contribution < -0.4 is 0 Å². The second-order valence-corrected chi connectivity index (χ2v) is 4.31. The molecule has 0 radical (unpaired) electrons. The lowest BCUT2D eigenvalue weighted by Crippen LogP contribution is -2.15. The smallest absolute Gasteiger partial charge is 0.331 e. The Balaban J connectivity index is 2.10. The molecule has 0 amide bonds. The molecule has 0 bridgehead atoms. The van der Waals surface area contributed by atoms with E-state index in [2.05, 4.69) is 0 Å². The lowest BCUT2D eigenvalue weighted by Gasteiger charge is -2.13. The van der Waals surface area contributed by atoms with Crippen molar-refractivity contribution in [2.45, 2.75) is 26.2 Å². The average molecular weight is 248 g/mol. The van der Waals surface area contributed by atoms with E-state index < -0.39 is 12.3 Å². The number of carboxylic acids is 1. The molecular formula is C14H16O4. The predicted octanol–water partition coefficient (Wildman–Crippen LogP) is 2.52. The average Bonchev–Trinajstić information content (AvgIpc) is 2.87. The van der Waals surface area contributed by atoms with Gasteiger partial charge in [-0.1, -0.05) is 30.3 Å². The van der Waals surface area contributed by atoms with Crippen molar-refractivity contribution in [1.82, 2.24) is 0 Å². The van der Waals surface area contributed by atoms with Crippen LogP contribution in [0.5, 0.6) is 0 Å². The van der Waals surface area contributed by atoms with Crippen molar-refractivity contribution in [3.05, 3.63) is 47.0 Å². The van der Waals surface area contributed by atoms with Crippen LogP contribution in [0.2, 0.25) is 0 Å². The van der Waals surface area contributed by atoms with Gasteiger partial charge in [-0.25, -0.2) is 4.79 Å². The first kappa shape index (κ1) is 12.8. The summed E-state index contributed by atoms with van der Waals surface area (Å²) < 4.78 is 11.3. The molecule has 1 N–H and O–H groups in total. The van der Waals surface area contributed by atoms with Gasteiger partial charge in [0.25, 0.3) is 0 Å². The summed E-state index contributed by atoms with van der Waals surface area (Å²) in [4.78, 5) is 10.9. The topological polar surface area (TPSA) is 55.8 Å². The van der Waals surface area contributed by atoms with Crippen LogP contribution in [0, 0.1) is 0 Å². The molecular weight excluding hydrogens is 232 g/mol. The lowest BCUT2D eigenvalue weighted by molar-refractivity contribution is -0.132. The number of benzene rings is 1. The number of carboxylic acid groups (broad SMARTS) is 1. The SMILES string of the molecule is CC(C(=O)O)=C(C)C1COC(c2ccccc2)O1. The van der Waals surface area contributed by atoms with E-state index in [-0.39, 0.29) is 6.10 Å². The van der Waals surface area contributed by atoms with E-state index in [0.29, 0.717) is 17.8 Å².